The van der Waals surface area contributed by atoms with Crippen LogP contribution >= 0.6 is 31.9 Å². The monoisotopic (exact) mass is 498 g/mol. The molecule has 10 heteroatoms. The van der Waals surface area contributed by atoms with Crippen LogP contribution in [0.2, 0.25) is 0 Å². The summed E-state index contributed by atoms with van der Waals surface area (Å²) in [5.74, 6) is -0.928. The molecule has 0 unspecified atom stereocenters. The fraction of sp³-hybridized carbons (Fsp3) is 0.118. The van der Waals surface area contributed by atoms with Gasteiger partial charge in [-0.3, -0.25) is 9.69 Å². The standard InChI is InChI=1S/C17H12Br2N2O6/c1-26-16(24)13-3-2-9(27-13)7-21-15(23)12(20-17(21)25)6-8-4-10(18)14(22)11(19)5-8/h2-6,22H,7H2,1H3,(H,20,25)/b12-6-. The number of hydrogen-bond acceptors (Lipinski definition) is 6. The summed E-state index contributed by atoms with van der Waals surface area (Å²) in [6, 6.07) is 5.48. The summed E-state index contributed by atoms with van der Waals surface area (Å²) in [5.41, 5.74) is 0.660. The van der Waals surface area contributed by atoms with Crippen LogP contribution in [0.25, 0.3) is 6.08 Å². The number of furan rings is 1. The Morgan fingerprint density at radius 1 is 1.30 bits per heavy atom. The molecule has 1 saturated heterocycles. The van der Waals surface area contributed by atoms with E-state index in [1.807, 2.05) is 0 Å². The molecule has 1 aliphatic rings. The van der Waals surface area contributed by atoms with Crippen molar-refractivity contribution in [2.75, 3.05) is 7.11 Å². The number of amides is 3. The third kappa shape index (κ3) is 3.91. The first-order chi connectivity index (χ1) is 12.8. The number of carbonyl (C=O) groups is 3. The summed E-state index contributed by atoms with van der Waals surface area (Å²) < 4.78 is 10.7. The lowest BCUT2D eigenvalue weighted by Gasteiger charge is -2.09. The number of rotatable bonds is 4. The first-order valence-electron chi connectivity index (χ1n) is 7.49. The van der Waals surface area contributed by atoms with Gasteiger partial charge in [0.05, 0.1) is 22.6 Å². The average molecular weight is 500 g/mol. The van der Waals surface area contributed by atoms with Gasteiger partial charge in [-0.2, -0.15) is 0 Å². The van der Waals surface area contributed by atoms with Crippen LogP contribution in [0.4, 0.5) is 4.79 Å². The highest BCUT2D eigenvalue weighted by molar-refractivity contribution is 9.11. The predicted octanol–water partition coefficient (Wildman–Crippen LogP) is 3.39. The number of urea groups is 1. The Hall–Kier alpha value is -2.59. The number of hydrogen-bond donors (Lipinski definition) is 2. The molecule has 2 N–H and O–H groups in total. The van der Waals surface area contributed by atoms with E-state index in [1.165, 1.54) is 25.3 Å². The van der Waals surface area contributed by atoms with Crippen molar-refractivity contribution in [2.45, 2.75) is 6.54 Å². The second kappa shape index (κ2) is 7.57. The van der Waals surface area contributed by atoms with Crippen LogP contribution in [0.5, 0.6) is 5.75 Å². The van der Waals surface area contributed by atoms with Crippen LogP contribution in [0.1, 0.15) is 21.9 Å². The molecule has 0 atom stereocenters. The summed E-state index contributed by atoms with van der Waals surface area (Å²) in [4.78, 5) is 37.0. The molecule has 0 bridgehead atoms. The number of ether oxygens (including phenoxy) is 1. The molecule has 1 aromatic heterocycles. The highest BCUT2D eigenvalue weighted by Gasteiger charge is 2.34. The van der Waals surface area contributed by atoms with Gasteiger partial charge in [-0.05, 0) is 67.8 Å². The molecule has 140 valence electrons. The number of imide groups is 1. The van der Waals surface area contributed by atoms with Crippen molar-refractivity contribution in [1.82, 2.24) is 10.2 Å². The summed E-state index contributed by atoms with van der Waals surface area (Å²) in [6.45, 7) is -0.137. The maximum absolute atomic E-state index is 12.5. The van der Waals surface area contributed by atoms with Crippen molar-refractivity contribution in [3.63, 3.8) is 0 Å². The molecule has 2 aromatic rings. The third-order valence-corrected chi connectivity index (χ3v) is 4.88. The SMILES string of the molecule is COC(=O)c1ccc(CN2C(=O)N/C(=C\c3cc(Br)c(O)c(Br)c3)C2=O)o1. The molecule has 8 nitrogen and oxygen atoms in total. The molecule has 0 aliphatic carbocycles. The largest absolute Gasteiger partial charge is 0.506 e. The molecular weight excluding hydrogens is 488 g/mol. The average Bonchev–Trinajstić information content (AvgIpc) is 3.20. The van der Waals surface area contributed by atoms with E-state index in [4.69, 9.17) is 4.42 Å². The minimum atomic E-state index is -0.650. The van der Waals surface area contributed by atoms with Gasteiger partial charge in [0.1, 0.15) is 17.2 Å². The van der Waals surface area contributed by atoms with Crippen molar-refractivity contribution in [3.8, 4) is 5.75 Å². The predicted molar refractivity (Wildman–Crippen MR) is 101 cm³/mol. The topological polar surface area (TPSA) is 109 Å². The molecule has 0 radical (unpaired) electrons. The molecule has 1 fully saturated rings. The smallest absolute Gasteiger partial charge is 0.373 e. The molecule has 27 heavy (non-hydrogen) atoms. The van der Waals surface area contributed by atoms with Gasteiger partial charge in [-0.15, -0.1) is 0 Å². The van der Waals surface area contributed by atoms with Gasteiger partial charge in [0.25, 0.3) is 5.91 Å². The summed E-state index contributed by atoms with van der Waals surface area (Å²) in [5, 5.41) is 12.2. The second-order valence-corrected chi connectivity index (χ2v) is 7.18. The van der Waals surface area contributed by atoms with Crippen LogP contribution in [-0.2, 0) is 16.1 Å². The lowest BCUT2D eigenvalue weighted by atomic mass is 10.2. The van der Waals surface area contributed by atoms with Crippen LogP contribution in [0.15, 0.2) is 43.3 Å². The summed E-state index contributed by atoms with van der Waals surface area (Å²) in [6.07, 6.45) is 1.48. The van der Waals surface area contributed by atoms with Gasteiger partial charge in [-0.1, -0.05) is 0 Å². The normalized spacial score (nSPS) is 15.4. The Morgan fingerprint density at radius 3 is 2.59 bits per heavy atom. The Morgan fingerprint density at radius 2 is 1.96 bits per heavy atom. The number of esters is 1. The molecular formula is C17H12Br2N2O6. The maximum Gasteiger partial charge on any atom is 0.373 e. The van der Waals surface area contributed by atoms with Gasteiger partial charge >= 0.3 is 12.0 Å². The van der Waals surface area contributed by atoms with Gasteiger partial charge in [0, 0.05) is 0 Å². The van der Waals surface area contributed by atoms with Crippen LogP contribution in [-0.4, -0.2) is 35.0 Å². The van der Waals surface area contributed by atoms with Gasteiger partial charge in [0.15, 0.2) is 0 Å². The van der Waals surface area contributed by atoms with Gasteiger partial charge in [0.2, 0.25) is 5.76 Å². The zero-order valence-corrected chi connectivity index (χ0v) is 17.0. The Bertz CT molecular complexity index is 959. The first kappa shape index (κ1) is 19.2. The minimum absolute atomic E-state index is 0.0193. The van der Waals surface area contributed by atoms with Gasteiger partial charge in [-0.25, -0.2) is 9.59 Å². The first-order valence-corrected chi connectivity index (χ1v) is 9.08. The van der Waals surface area contributed by atoms with Crippen molar-refractivity contribution >= 4 is 55.8 Å². The van der Waals surface area contributed by atoms with Crippen LogP contribution < -0.4 is 5.32 Å². The molecule has 3 rings (SSSR count). The summed E-state index contributed by atoms with van der Waals surface area (Å²) in [7, 11) is 1.22. The molecule has 1 aliphatic heterocycles. The Balaban J connectivity index is 1.81. The van der Waals surface area contributed by atoms with Crippen LogP contribution in [0.3, 0.4) is 0 Å². The number of halogens is 2. The Labute approximate surface area is 170 Å². The number of nitrogens with zero attached hydrogens (tertiary/aromatic N) is 1. The van der Waals surface area contributed by atoms with E-state index < -0.39 is 17.9 Å². The zero-order chi connectivity index (χ0) is 19.7. The lowest BCUT2D eigenvalue weighted by molar-refractivity contribution is -0.123. The molecule has 3 amide bonds. The van der Waals surface area contributed by atoms with Crippen LogP contribution in [0, 0.1) is 0 Å². The van der Waals surface area contributed by atoms with E-state index in [0.717, 1.165) is 4.90 Å². The third-order valence-electron chi connectivity index (χ3n) is 3.67. The van der Waals surface area contributed by atoms with E-state index in [0.29, 0.717) is 14.5 Å². The fourth-order valence-corrected chi connectivity index (χ4v) is 3.60. The quantitative estimate of drug-likeness (QED) is 0.379. The van der Waals surface area contributed by atoms with Crippen molar-refractivity contribution in [1.29, 1.82) is 0 Å². The highest BCUT2D eigenvalue weighted by atomic mass is 79.9. The molecule has 1 aromatic carbocycles. The fourth-order valence-electron chi connectivity index (χ4n) is 2.38. The van der Waals surface area contributed by atoms with E-state index in [9.17, 15) is 19.5 Å². The number of nitrogens with one attached hydrogen (secondary N) is 1. The minimum Gasteiger partial charge on any atom is -0.506 e. The van der Waals surface area contributed by atoms with Gasteiger partial charge < -0.3 is 19.6 Å². The number of carbonyl (C=O) groups excluding carboxylic acids is 3. The second-order valence-electron chi connectivity index (χ2n) is 5.47. The molecule has 0 spiro atoms. The Kier molecular flexibility index (Phi) is 5.38. The zero-order valence-electron chi connectivity index (χ0n) is 13.8. The van der Waals surface area contributed by atoms with E-state index >= 15 is 0 Å². The summed E-state index contributed by atoms with van der Waals surface area (Å²) >= 11 is 6.41. The van der Waals surface area contributed by atoms with Crippen molar-refractivity contribution in [2.24, 2.45) is 0 Å². The van der Waals surface area contributed by atoms with E-state index in [-0.39, 0.29) is 29.5 Å². The highest BCUT2D eigenvalue weighted by Crippen LogP contribution is 2.34. The molecule has 2 heterocycles. The van der Waals surface area contributed by atoms with Crippen molar-refractivity contribution < 1.29 is 28.6 Å². The number of phenolic OH excluding ortho intramolecular Hbond substituents is 1. The molecule has 0 saturated carbocycles. The number of methoxy groups -OCH3 is 1. The van der Waals surface area contributed by atoms with E-state index in [1.54, 1.807) is 12.1 Å². The number of benzene rings is 1. The van der Waals surface area contributed by atoms with E-state index in [2.05, 4.69) is 41.9 Å². The number of aromatic hydroxyl groups is 1. The van der Waals surface area contributed by atoms with Crippen molar-refractivity contribution in [3.05, 3.63) is 56.0 Å². The number of phenols is 1. The lowest BCUT2D eigenvalue weighted by Crippen LogP contribution is -2.30. The maximum atomic E-state index is 12.5.